The van der Waals surface area contributed by atoms with Crippen LogP contribution in [0.15, 0.2) is 60.8 Å². The zero-order valence-electron chi connectivity index (χ0n) is 12.3. The number of pyridine rings is 1. The van der Waals surface area contributed by atoms with Crippen molar-refractivity contribution in [2.24, 2.45) is 5.73 Å². The second-order valence-electron chi connectivity index (χ2n) is 5.02. The normalized spacial score (nSPS) is 10.6. The number of para-hydroxylation sites is 1. The summed E-state index contributed by atoms with van der Waals surface area (Å²) >= 11 is 0. The minimum absolute atomic E-state index is 0.679. The highest BCUT2D eigenvalue weighted by atomic mass is 16.5. The van der Waals surface area contributed by atoms with E-state index in [0.717, 1.165) is 41.1 Å². The lowest BCUT2D eigenvalue weighted by molar-refractivity contribution is 0.483. The zero-order valence-corrected chi connectivity index (χ0v) is 12.3. The second-order valence-corrected chi connectivity index (χ2v) is 5.02. The fraction of sp³-hybridized carbons (Fsp3) is 0.167. The van der Waals surface area contributed by atoms with E-state index in [9.17, 15) is 0 Å². The van der Waals surface area contributed by atoms with Crippen LogP contribution >= 0.6 is 0 Å². The van der Waals surface area contributed by atoms with Crippen molar-refractivity contribution in [3.63, 3.8) is 0 Å². The van der Waals surface area contributed by atoms with Gasteiger partial charge in [-0.15, -0.1) is 0 Å². The molecule has 0 fully saturated rings. The van der Waals surface area contributed by atoms with Gasteiger partial charge in [0, 0.05) is 23.8 Å². The summed E-state index contributed by atoms with van der Waals surface area (Å²) in [5.41, 5.74) is 7.54. The summed E-state index contributed by atoms with van der Waals surface area (Å²) in [5.74, 6) is 1.62. The number of ether oxygens (including phenoxy) is 1. The third-order valence-corrected chi connectivity index (χ3v) is 3.39. The first-order chi connectivity index (χ1) is 10.9. The van der Waals surface area contributed by atoms with E-state index < -0.39 is 0 Å². The quantitative estimate of drug-likeness (QED) is 0.679. The van der Waals surface area contributed by atoms with Crippen LogP contribution in [-0.2, 0) is 0 Å². The van der Waals surface area contributed by atoms with Crippen molar-refractivity contribution in [1.82, 2.24) is 4.98 Å². The Morgan fingerprint density at radius 2 is 1.86 bits per heavy atom. The highest BCUT2D eigenvalue weighted by Gasteiger charge is 2.04. The number of nitrogens with zero attached hydrogens (tertiary/aromatic N) is 1. The molecule has 3 N–H and O–H groups in total. The van der Waals surface area contributed by atoms with Crippen molar-refractivity contribution in [2.75, 3.05) is 18.4 Å². The lowest BCUT2D eigenvalue weighted by Crippen LogP contribution is -2.08. The molecule has 112 valence electrons. The summed E-state index contributed by atoms with van der Waals surface area (Å²) in [4.78, 5) is 4.40. The Morgan fingerprint density at radius 1 is 1.00 bits per heavy atom. The van der Waals surface area contributed by atoms with Crippen LogP contribution in [0.1, 0.15) is 6.42 Å². The molecule has 2 aromatic carbocycles. The van der Waals surface area contributed by atoms with Crippen LogP contribution < -0.4 is 15.8 Å². The summed E-state index contributed by atoms with van der Waals surface area (Å²) in [6.07, 6.45) is 2.74. The van der Waals surface area contributed by atoms with Gasteiger partial charge in [-0.05, 0) is 49.4 Å². The molecule has 0 aliphatic carbocycles. The fourth-order valence-electron chi connectivity index (χ4n) is 2.29. The van der Waals surface area contributed by atoms with Gasteiger partial charge in [0.1, 0.15) is 11.5 Å². The van der Waals surface area contributed by atoms with Crippen molar-refractivity contribution >= 4 is 16.6 Å². The van der Waals surface area contributed by atoms with Gasteiger partial charge in [-0.25, -0.2) is 0 Å². The van der Waals surface area contributed by atoms with Crippen molar-refractivity contribution < 1.29 is 4.74 Å². The molecule has 4 heteroatoms. The highest BCUT2D eigenvalue weighted by Crippen LogP contribution is 2.28. The van der Waals surface area contributed by atoms with Crippen LogP contribution in [0.5, 0.6) is 11.5 Å². The predicted octanol–water partition coefficient (Wildman–Crippen LogP) is 3.79. The molecule has 0 unspecified atom stereocenters. The van der Waals surface area contributed by atoms with E-state index >= 15 is 0 Å². The van der Waals surface area contributed by atoms with Crippen molar-refractivity contribution in [1.29, 1.82) is 0 Å². The van der Waals surface area contributed by atoms with Crippen LogP contribution in [0.4, 0.5) is 5.69 Å². The predicted molar refractivity (Wildman–Crippen MR) is 90.4 cm³/mol. The molecule has 0 bridgehead atoms. The Hall–Kier alpha value is -2.59. The van der Waals surface area contributed by atoms with E-state index in [1.807, 2.05) is 60.8 Å². The van der Waals surface area contributed by atoms with Crippen LogP contribution in [0.3, 0.4) is 0 Å². The summed E-state index contributed by atoms with van der Waals surface area (Å²) in [6.45, 7) is 1.53. The molecule has 0 aliphatic heterocycles. The van der Waals surface area contributed by atoms with E-state index in [4.69, 9.17) is 10.5 Å². The van der Waals surface area contributed by atoms with Gasteiger partial charge in [-0.3, -0.25) is 4.98 Å². The molecule has 1 heterocycles. The summed E-state index contributed by atoms with van der Waals surface area (Å²) < 4.78 is 5.89. The minimum Gasteiger partial charge on any atom is -0.457 e. The molecule has 1 aromatic heterocycles. The third kappa shape index (κ3) is 3.35. The number of anilines is 1. The van der Waals surface area contributed by atoms with Crippen LogP contribution in [0.2, 0.25) is 0 Å². The van der Waals surface area contributed by atoms with Gasteiger partial charge in [0.25, 0.3) is 0 Å². The number of hydrogen-bond acceptors (Lipinski definition) is 4. The molecule has 0 spiro atoms. The van der Waals surface area contributed by atoms with Crippen molar-refractivity contribution in [3.05, 3.63) is 60.8 Å². The number of benzene rings is 2. The number of hydrogen-bond donors (Lipinski definition) is 2. The molecule has 0 amide bonds. The summed E-state index contributed by atoms with van der Waals surface area (Å²) in [6, 6.07) is 17.7. The maximum absolute atomic E-state index is 5.89. The van der Waals surface area contributed by atoms with E-state index in [1.165, 1.54) is 0 Å². The largest absolute Gasteiger partial charge is 0.457 e. The first-order valence-corrected chi connectivity index (χ1v) is 7.42. The molecule has 0 atom stereocenters. The second kappa shape index (κ2) is 6.91. The number of nitrogens with one attached hydrogen (secondary N) is 1. The maximum Gasteiger partial charge on any atom is 0.128 e. The Balaban J connectivity index is 1.88. The zero-order chi connectivity index (χ0) is 15.2. The Bertz CT molecular complexity index is 744. The van der Waals surface area contributed by atoms with Crippen LogP contribution in [0, 0.1) is 0 Å². The van der Waals surface area contributed by atoms with Gasteiger partial charge >= 0.3 is 0 Å². The van der Waals surface area contributed by atoms with Gasteiger partial charge in [0.2, 0.25) is 0 Å². The van der Waals surface area contributed by atoms with E-state index in [0.29, 0.717) is 6.54 Å². The molecule has 0 aliphatic rings. The standard InChI is InChI=1S/C18H19N3O/c19-10-4-11-20-18-9-12-21-17-8-7-15(13-16(17)18)22-14-5-2-1-3-6-14/h1-3,5-9,12-13H,4,10-11,19H2,(H,20,21). The van der Waals surface area contributed by atoms with E-state index in [2.05, 4.69) is 10.3 Å². The van der Waals surface area contributed by atoms with Gasteiger partial charge in [0.05, 0.1) is 5.52 Å². The average Bonchev–Trinajstić information content (AvgIpc) is 2.56. The molecule has 0 saturated carbocycles. The molecule has 22 heavy (non-hydrogen) atoms. The van der Waals surface area contributed by atoms with Crippen LogP contribution in [0.25, 0.3) is 10.9 Å². The molecular weight excluding hydrogens is 274 g/mol. The first kappa shape index (κ1) is 14.4. The van der Waals surface area contributed by atoms with Crippen LogP contribution in [-0.4, -0.2) is 18.1 Å². The molecule has 3 rings (SSSR count). The monoisotopic (exact) mass is 293 g/mol. The maximum atomic E-state index is 5.89. The molecule has 0 saturated heterocycles. The summed E-state index contributed by atoms with van der Waals surface area (Å²) in [5, 5.41) is 4.45. The highest BCUT2D eigenvalue weighted by molar-refractivity contribution is 5.92. The van der Waals surface area contributed by atoms with Gasteiger partial charge < -0.3 is 15.8 Å². The SMILES string of the molecule is NCCCNc1ccnc2ccc(Oc3ccccc3)cc12. The van der Waals surface area contributed by atoms with Gasteiger partial charge in [-0.1, -0.05) is 18.2 Å². The number of nitrogens with two attached hydrogens (primary N) is 1. The van der Waals surface area contributed by atoms with Gasteiger partial charge in [0.15, 0.2) is 0 Å². The minimum atomic E-state index is 0.679. The Morgan fingerprint density at radius 3 is 2.68 bits per heavy atom. The fourth-order valence-corrected chi connectivity index (χ4v) is 2.29. The number of fused-ring (bicyclic) bond motifs is 1. The third-order valence-electron chi connectivity index (χ3n) is 3.39. The van der Waals surface area contributed by atoms with Gasteiger partial charge in [-0.2, -0.15) is 0 Å². The Kier molecular flexibility index (Phi) is 4.51. The van der Waals surface area contributed by atoms with Crippen molar-refractivity contribution in [2.45, 2.75) is 6.42 Å². The van der Waals surface area contributed by atoms with E-state index in [-0.39, 0.29) is 0 Å². The van der Waals surface area contributed by atoms with E-state index in [1.54, 1.807) is 0 Å². The molecule has 0 radical (unpaired) electrons. The number of rotatable bonds is 6. The topological polar surface area (TPSA) is 60.2 Å². The Labute approximate surface area is 129 Å². The lowest BCUT2D eigenvalue weighted by atomic mass is 10.1. The molecule has 3 aromatic rings. The molecular formula is C18H19N3O. The average molecular weight is 293 g/mol. The smallest absolute Gasteiger partial charge is 0.128 e. The van der Waals surface area contributed by atoms with Crippen molar-refractivity contribution in [3.8, 4) is 11.5 Å². The number of aromatic nitrogens is 1. The lowest BCUT2D eigenvalue weighted by Gasteiger charge is -2.11. The summed E-state index contributed by atoms with van der Waals surface area (Å²) in [7, 11) is 0. The molecule has 4 nitrogen and oxygen atoms in total. The first-order valence-electron chi connectivity index (χ1n) is 7.42.